The molecule has 3 fully saturated rings. The van der Waals surface area contributed by atoms with Gasteiger partial charge in [-0.2, -0.15) is 0 Å². The molecule has 2 heterocycles. The molecule has 3 aliphatic rings. The van der Waals surface area contributed by atoms with Crippen LogP contribution < -0.4 is 11.1 Å². The first-order valence-electron chi connectivity index (χ1n) is 11.6. The van der Waals surface area contributed by atoms with Gasteiger partial charge in [0, 0.05) is 19.1 Å². The van der Waals surface area contributed by atoms with Crippen LogP contribution in [0, 0.1) is 11.3 Å². The molecule has 4 amide bonds. The van der Waals surface area contributed by atoms with E-state index < -0.39 is 35.1 Å². The number of nitrogens with one attached hydrogen (secondary N) is 1. The summed E-state index contributed by atoms with van der Waals surface area (Å²) in [5, 5.41) is 3.13. The van der Waals surface area contributed by atoms with Gasteiger partial charge < -0.3 is 20.7 Å². The lowest BCUT2D eigenvalue weighted by atomic mass is 9.75. The lowest BCUT2D eigenvalue weighted by Crippen LogP contribution is -2.55. The number of carbonyl (C=O) groups is 4. The first kappa shape index (κ1) is 24.3. The maximum absolute atomic E-state index is 13.7. The number of amides is 4. The molecule has 0 aromatic heterocycles. The van der Waals surface area contributed by atoms with Crippen molar-refractivity contribution in [2.45, 2.75) is 96.4 Å². The number of nitrogens with two attached hydrogens (primary N) is 1. The maximum atomic E-state index is 13.7. The smallest absolute Gasteiger partial charge is 0.410 e. The predicted octanol–water partition coefficient (Wildman–Crippen LogP) is 1.78. The second kappa shape index (κ2) is 8.23. The fourth-order valence-electron chi connectivity index (χ4n) is 4.89. The van der Waals surface area contributed by atoms with Crippen LogP contribution >= 0.6 is 0 Å². The highest BCUT2D eigenvalue weighted by molar-refractivity contribution is 5.94. The Bertz CT molecular complexity index is 801. The molecule has 32 heavy (non-hydrogen) atoms. The van der Waals surface area contributed by atoms with Gasteiger partial charge in [0.05, 0.1) is 5.41 Å². The minimum atomic E-state index is -0.872. The van der Waals surface area contributed by atoms with Crippen LogP contribution in [0.15, 0.2) is 0 Å². The summed E-state index contributed by atoms with van der Waals surface area (Å²) in [5.74, 6) is -0.973. The summed E-state index contributed by atoms with van der Waals surface area (Å²) < 4.78 is 5.47. The number of hydrogen-bond donors (Lipinski definition) is 2. The third kappa shape index (κ3) is 4.86. The number of likely N-dealkylation sites (tertiary alicyclic amines) is 1. The zero-order valence-corrected chi connectivity index (χ0v) is 20.2. The van der Waals surface area contributed by atoms with E-state index in [2.05, 4.69) is 5.32 Å². The third-order valence-corrected chi connectivity index (χ3v) is 6.97. The van der Waals surface area contributed by atoms with E-state index in [1.54, 1.807) is 20.8 Å². The van der Waals surface area contributed by atoms with Crippen molar-refractivity contribution in [1.82, 2.24) is 15.1 Å². The zero-order valence-electron chi connectivity index (χ0n) is 20.2. The Labute approximate surface area is 190 Å². The highest BCUT2D eigenvalue weighted by Crippen LogP contribution is 2.50. The molecule has 3 N–H and O–H groups in total. The summed E-state index contributed by atoms with van der Waals surface area (Å²) in [5.41, 5.74) is 4.08. The highest BCUT2D eigenvalue weighted by atomic mass is 16.6. The van der Waals surface area contributed by atoms with Crippen LogP contribution in [-0.2, 0) is 19.1 Å². The van der Waals surface area contributed by atoms with E-state index in [1.165, 1.54) is 16.8 Å². The van der Waals surface area contributed by atoms with E-state index in [1.807, 2.05) is 13.8 Å². The zero-order chi connectivity index (χ0) is 24.1. The van der Waals surface area contributed by atoms with Crippen molar-refractivity contribution in [2.75, 3.05) is 13.6 Å². The van der Waals surface area contributed by atoms with Crippen LogP contribution in [0.25, 0.3) is 0 Å². The van der Waals surface area contributed by atoms with E-state index in [-0.39, 0.29) is 36.2 Å². The summed E-state index contributed by atoms with van der Waals surface area (Å²) in [6, 6.07) is -1.69. The Hall–Kier alpha value is -2.32. The fourth-order valence-corrected chi connectivity index (χ4v) is 4.89. The van der Waals surface area contributed by atoms with Gasteiger partial charge in [-0.25, -0.2) is 4.79 Å². The van der Waals surface area contributed by atoms with Gasteiger partial charge in [-0.05, 0) is 65.2 Å². The molecule has 2 spiro atoms. The second-order valence-electron chi connectivity index (χ2n) is 11.3. The molecule has 1 saturated carbocycles. The summed E-state index contributed by atoms with van der Waals surface area (Å²) >= 11 is 0. The van der Waals surface area contributed by atoms with Crippen molar-refractivity contribution >= 4 is 23.8 Å². The molecule has 0 radical (unpaired) electrons. The number of rotatable bonds is 5. The SMILES string of the molecule is CC(C)C[C@@H](C(=O)N1C[C@]2(CCC3(CC3)NC2=O)C[C@H]1C(N)=O)N(C)C(=O)OC(C)(C)C. The Morgan fingerprint density at radius 1 is 1.22 bits per heavy atom. The van der Waals surface area contributed by atoms with Crippen LogP contribution in [0.1, 0.15) is 73.1 Å². The van der Waals surface area contributed by atoms with Crippen LogP contribution in [0.2, 0.25) is 0 Å². The number of primary amides is 1. The predicted molar refractivity (Wildman–Crippen MR) is 118 cm³/mol. The molecule has 0 bridgehead atoms. The van der Waals surface area contributed by atoms with Gasteiger partial charge >= 0.3 is 6.09 Å². The summed E-state index contributed by atoms with van der Waals surface area (Å²) in [7, 11) is 1.54. The molecule has 0 aromatic rings. The molecule has 3 atom stereocenters. The topological polar surface area (TPSA) is 122 Å². The maximum Gasteiger partial charge on any atom is 0.410 e. The van der Waals surface area contributed by atoms with E-state index >= 15 is 0 Å². The molecule has 0 unspecified atom stereocenters. The number of carbonyl (C=O) groups excluding carboxylic acids is 4. The summed E-state index contributed by atoms with van der Waals surface area (Å²) in [6.45, 7) is 9.35. The Kier molecular flexibility index (Phi) is 6.25. The first-order valence-corrected chi connectivity index (χ1v) is 11.6. The van der Waals surface area contributed by atoms with Crippen molar-refractivity contribution in [2.24, 2.45) is 17.1 Å². The van der Waals surface area contributed by atoms with Crippen molar-refractivity contribution in [3.63, 3.8) is 0 Å². The number of piperidine rings is 1. The van der Waals surface area contributed by atoms with Gasteiger partial charge in [-0.15, -0.1) is 0 Å². The number of likely N-dealkylation sites (N-methyl/N-ethyl adjacent to an activating group) is 1. The molecule has 9 nitrogen and oxygen atoms in total. The van der Waals surface area contributed by atoms with Gasteiger partial charge in [0.15, 0.2) is 0 Å². The van der Waals surface area contributed by atoms with E-state index in [4.69, 9.17) is 10.5 Å². The van der Waals surface area contributed by atoms with Gasteiger partial charge in [0.1, 0.15) is 17.7 Å². The lowest BCUT2D eigenvalue weighted by molar-refractivity contribution is -0.142. The quantitative estimate of drug-likeness (QED) is 0.661. The number of nitrogens with zero attached hydrogens (tertiary/aromatic N) is 2. The lowest BCUT2D eigenvalue weighted by Gasteiger charge is -2.37. The van der Waals surface area contributed by atoms with E-state index in [0.717, 1.165) is 19.3 Å². The molecule has 180 valence electrons. The molecular weight excluding hydrogens is 412 g/mol. The molecule has 3 rings (SSSR count). The Morgan fingerprint density at radius 2 is 1.81 bits per heavy atom. The molecule has 9 heteroatoms. The van der Waals surface area contributed by atoms with Crippen LogP contribution in [-0.4, -0.2) is 70.4 Å². The van der Waals surface area contributed by atoms with E-state index in [9.17, 15) is 19.2 Å². The van der Waals surface area contributed by atoms with Gasteiger partial charge in [-0.1, -0.05) is 13.8 Å². The van der Waals surface area contributed by atoms with Gasteiger partial charge in [0.25, 0.3) is 0 Å². The summed E-state index contributed by atoms with van der Waals surface area (Å²) in [6.07, 6.45) is 3.45. The van der Waals surface area contributed by atoms with Crippen molar-refractivity contribution in [3.8, 4) is 0 Å². The van der Waals surface area contributed by atoms with Crippen molar-refractivity contribution in [1.29, 1.82) is 0 Å². The van der Waals surface area contributed by atoms with Crippen molar-refractivity contribution < 1.29 is 23.9 Å². The van der Waals surface area contributed by atoms with Crippen LogP contribution in [0.3, 0.4) is 0 Å². The Morgan fingerprint density at radius 3 is 2.28 bits per heavy atom. The molecular formula is C23H38N4O5. The number of ether oxygens (including phenoxy) is 1. The summed E-state index contributed by atoms with van der Waals surface area (Å²) in [4.78, 5) is 54.6. The Balaban J connectivity index is 1.84. The normalized spacial score (nSPS) is 27.4. The van der Waals surface area contributed by atoms with Gasteiger partial charge in [0.2, 0.25) is 17.7 Å². The second-order valence-corrected chi connectivity index (χ2v) is 11.3. The average Bonchev–Trinajstić information content (AvgIpc) is 3.29. The monoisotopic (exact) mass is 450 g/mol. The first-order chi connectivity index (χ1) is 14.7. The van der Waals surface area contributed by atoms with Crippen molar-refractivity contribution in [3.05, 3.63) is 0 Å². The third-order valence-electron chi connectivity index (χ3n) is 6.97. The van der Waals surface area contributed by atoms with Gasteiger partial charge in [-0.3, -0.25) is 19.3 Å². The molecule has 1 aliphatic carbocycles. The number of hydrogen-bond acceptors (Lipinski definition) is 5. The fraction of sp³-hybridized carbons (Fsp3) is 0.826. The average molecular weight is 451 g/mol. The standard InChI is InChI=1S/C23H38N4O5/c1-14(2)11-15(26(6)20(31)32-21(3,4)5)18(29)27-13-22(12-16(27)17(24)28)7-8-23(9-10-23)25-19(22)30/h14-16H,7-13H2,1-6H3,(H2,24,28)(H,25,30)/t15-,16-,22-/m0/s1. The largest absolute Gasteiger partial charge is 0.444 e. The minimum absolute atomic E-state index is 0.0842. The van der Waals surface area contributed by atoms with Crippen LogP contribution in [0.4, 0.5) is 4.79 Å². The molecule has 0 aromatic carbocycles. The minimum Gasteiger partial charge on any atom is -0.444 e. The highest BCUT2D eigenvalue weighted by Gasteiger charge is 2.59. The van der Waals surface area contributed by atoms with Crippen LogP contribution in [0.5, 0.6) is 0 Å². The molecule has 2 aliphatic heterocycles. The molecule has 2 saturated heterocycles. The van der Waals surface area contributed by atoms with E-state index in [0.29, 0.717) is 12.8 Å².